The van der Waals surface area contributed by atoms with Gasteiger partial charge in [0.15, 0.2) is 0 Å². The van der Waals surface area contributed by atoms with E-state index in [0.717, 1.165) is 12.1 Å². The molecule has 2 aromatic carbocycles. The van der Waals surface area contributed by atoms with E-state index in [4.69, 9.17) is 4.74 Å². The number of aromatic amines is 1. The number of rotatable bonds is 4. The second-order valence-corrected chi connectivity index (χ2v) is 8.04. The van der Waals surface area contributed by atoms with Crippen LogP contribution in [0.25, 0.3) is 11.3 Å². The van der Waals surface area contributed by atoms with Crippen LogP contribution < -0.4 is 9.64 Å². The third-order valence-electron chi connectivity index (χ3n) is 5.45. The Bertz CT molecular complexity index is 1220. The van der Waals surface area contributed by atoms with Gasteiger partial charge in [-0.05, 0) is 17.7 Å². The summed E-state index contributed by atoms with van der Waals surface area (Å²) < 4.78 is 59.9. The quantitative estimate of drug-likeness (QED) is 0.319. The van der Waals surface area contributed by atoms with Crippen LogP contribution in [0, 0.1) is 15.9 Å². The number of alkyl halides is 3. The van der Waals surface area contributed by atoms with Crippen molar-refractivity contribution in [3.8, 4) is 17.0 Å². The monoisotopic (exact) mass is 450 g/mol. The van der Waals surface area contributed by atoms with Crippen molar-refractivity contribution in [1.29, 1.82) is 0 Å². The molecule has 168 valence electrons. The summed E-state index contributed by atoms with van der Waals surface area (Å²) >= 11 is 0. The number of nitrogens with zero attached hydrogens (tertiary/aromatic N) is 3. The largest absolute Gasteiger partial charge is 0.494 e. The standard InChI is InChI=1S/C21H18F4N4O3/c1-20(2)10-28(13-6-4-5-7-14(13)29(30)31)19-15(32-3)8-11(22)17(18(19)20)12-9-16(27-26-12)21(23,24)25/h4-9H,10H2,1-3H3,(H,26,27). The Labute approximate surface area is 179 Å². The van der Waals surface area contributed by atoms with Gasteiger partial charge < -0.3 is 9.64 Å². The number of methoxy groups -OCH3 is 1. The van der Waals surface area contributed by atoms with Crippen LogP contribution in [0.15, 0.2) is 36.4 Å². The number of nitrogens with one attached hydrogen (secondary N) is 1. The zero-order valence-electron chi connectivity index (χ0n) is 17.2. The van der Waals surface area contributed by atoms with Gasteiger partial charge in [-0.3, -0.25) is 15.2 Å². The van der Waals surface area contributed by atoms with Crippen LogP contribution in [-0.2, 0) is 11.6 Å². The Morgan fingerprint density at radius 3 is 2.53 bits per heavy atom. The van der Waals surface area contributed by atoms with E-state index in [1.54, 1.807) is 30.9 Å². The molecule has 0 spiro atoms. The maximum atomic E-state index is 15.2. The Morgan fingerprint density at radius 1 is 1.25 bits per heavy atom. The molecule has 0 saturated carbocycles. The fraction of sp³-hybridized carbons (Fsp3) is 0.286. The van der Waals surface area contributed by atoms with Gasteiger partial charge >= 0.3 is 6.18 Å². The second kappa shape index (κ2) is 7.21. The molecule has 0 atom stereocenters. The molecule has 11 heteroatoms. The highest BCUT2D eigenvalue weighted by Crippen LogP contribution is 2.54. The van der Waals surface area contributed by atoms with Gasteiger partial charge in [0.2, 0.25) is 0 Å². The molecule has 0 bridgehead atoms. The first kappa shape index (κ1) is 21.6. The summed E-state index contributed by atoms with van der Waals surface area (Å²) in [6.07, 6.45) is -4.68. The lowest BCUT2D eigenvalue weighted by Crippen LogP contribution is -2.25. The fourth-order valence-electron chi connectivity index (χ4n) is 4.15. The van der Waals surface area contributed by atoms with Crippen LogP contribution in [0.4, 0.5) is 34.6 Å². The van der Waals surface area contributed by atoms with Gasteiger partial charge in [-0.2, -0.15) is 18.3 Å². The average molecular weight is 450 g/mol. The number of nitro benzene ring substituents is 1. The van der Waals surface area contributed by atoms with E-state index >= 15 is 4.39 Å². The van der Waals surface area contributed by atoms with Gasteiger partial charge in [0.05, 0.1) is 23.4 Å². The van der Waals surface area contributed by atoms with Crippen molar-refractivity contribution in [2.75, 3.05) is 18.6 Å². The summed E-state index contributed by atoms with van der Waals surface area (Å²) in [4.78, 5) is 12.7. The van der Waals surface area contributed by atoms with Crippen molar-refractivity contribution >= 4 is 17.1 Å². The molecule has 32 heavy (non-hydrogen) atoms. The molecule has 0 saturated heterocycles. The smallest absolute Gasteiger partial charge is 0.432 e. The van der Waals surface area contributed by atoms with Crippen molar-refractivity contribution in [2.45, 2.75) is 25.4 Å². The van der Waals surface area contributed by atoms with Gasteiger partial charge in [-0.15, -0.1) is 0 Å². The molecule has 1 aromatic heterocycles. The van der Waals surface area contributed by atoms with Crippen molar-refractivity contribution in [3.63, 3.8) is 0 Å². The molecule has 1 aliphatic heterocycles. The lowest BCUT2D eigenvalue weighted by Gasteiger charge is -2.22. The number of ether oxygens (including phenoxy) is 1. The van der Waals surface area contributed by atoms with Crippen LogP contribution in [-0.4, -0.2) is 28.8 Å². The third kappa shape index (κ3) is 3.33. The number of aromatic nitrogens is 2. The van der Waals surface area contributed by atoms with Crippen LogP contribution >= 0.6 is 0 Å². The predicted octanol–water partition coefficient (Wildman–Crippen LogP) is 5.58. The molecule has 0 radical (unpaired) electrons. The minimum Gasteiger partial charge on any atom is -0.494 e. The van der Waals surface area contributed by atoms with Crippen LogP contribution in [0.3, 0.4) is 0 Å². The SMILES string of the molecule is COc1cc(F)c(-c2cc(C(F)(F)F)[nH]n2)c2c1N(c1ccccc1[N+](=O)[O-])CC2(C)C. The maximum Gasteiger partial charge on any atom is 0.432 e. The minimum absolute atomic E-state index is 0.108. The van der Waals surface area contributed by atoms with E-state index < -0.39 is 28.0 Å². The topological polar surface area (TPSA) is 84.3 Å². The van der Waals surface area contributed by atoms with Crippen molar-refractivity contribution < 1.29 is 27.2 Å². The molecule has 2 heterocycles. The summed E-state index contributed by atoms with van der Waals surface area (Å²) in [7, 11) is 1.33. The van der Waals surface area contributed by atoms with E-state index in [-0.39, 0.29) is 34.9 Å². The van der Waals surface area contributed by atoms with E-state index in [2.05, 4.69) is 5.10 Å². The molecule has 0 amide bonds. The highest BCUT2D eigenvalue weighted by Gasteiger charge is 2.44. The Kier molecular flexibility index (Phi) is 4.87. The number of benzene rings is 2. The second-order valence-electron chi connectivity index (χ2n) is 8.04. The zero-order chi connectivity index (χ0) is 23.4. The van der Waals surface area contributed by atoms with E-state index in [0.29, 0.717) is 11.3 Å². The number of halogens is 4. The summed E-state index contributed by atoms with van der Waals surface area (Å²) in [6, 6.07) is 7.86. The Balaban J connectivity index is 2.01. The van der Waals surface area contributed by atoms with Crippen molar-refractivity contribution in [3.05, 3.63) is 63.6 Å². The van der Waals surface area contributed by atoms with Crippen LogP contribution in [0.2, 0.25) is 0 Å². The van der Waals surface area contributed by atoms with E-state index in [1.165, 1.54) is 19.2 Å². The van der Waals surface area contributed by atoms with Gasteiger partial charge in [0.25, 0.3) is 5.69 Å². The number of anilines is 2. The highest BCUT2D eigenvalue weighted by molar-refractivity contribution is 5.88. The molecular weight excluding hydrogens is 432 g/mol. The lowest BCUT2D eigenvalue weighted by molar-refractivity contribution is -0.384. The number of hydrogen-bond acceptors (Lipinski definition) is 5. The molecule has 1 aliphatic rings. The molecule has 7 nitrogen and oxygen atoms in total. The molecular formula is C21H18F4N4O3. The molecule has 4 rings (SSSR count). The fourth-order valence-corrected chi connectivity index (χ4v) is 4.15. The highest BCUT2D eigenvalue weighted by atomic mass is 19.4. The first-order valence-electron chi connectivity index (χ1n) is 9.50. The summed E-state index contributed by atoms with van der Waals surface area (Å²) in [5, 5.41) is 17.2. The molecule has 0 fully saturated rings. The van der Waals surface area contributed by atoms with E-state index in [9.17, 15) is 23.3 Å². The Morgan fingerprint density at radius 2 is 1.94 bits per heavy atom. The van der Waals surface area contributed by atoms with Crippen LogP contribution in [0.5, 0.6) is 5.75 Å². The first-order chi connectivity index (χ1) is 15.0. The lowest BCUT2D eigenvalue weighted by atomic mass is 9.82. The summed E-state index contributed by atoms with van der Waals surface area (Å²) in [5.74, 6) is -0.699. The Hall–Kier alpha value is -3.63. The molecule has 3 aromatic rings. The van der Waals surface area contributed by atoms with Gasteiger partial charge in [0.1, 0.15) is 22.9 Å². The minimum atomic E-state index is -4.68. The number of H-pyrrole nitrogens is 1. The zero-order valence-corrected chi connectivity index (χ0v) is 17.2. The molecule has 0 aliphatic carbocycles. The predicted molar refractivity (Wildman–Crippen MR) is 109 cm³/mol. The normalized spacial score (nSPS) is 15.0. The van der Waals surface area contributed by atoms with Crippen molar-refractivity contribution in [1.82, 2.24) is 10.2 Å². The van der Waals surface area contributed by atoms with Gasteiger partial charge in [-0.25, -0.2) is 4.39 Å². The number of fused-ring (bicyclic) bond motifs is 1. The van der Waals surface area contributed by atoms with Gasteiger partial charge in [0, 0.05) is 29.7 Å². The average Bonchev–Trinajstić information content (AvgIpc) is 3.31. The molecule has 1 N–H and O–H groups in total. The number of nitro groups is 1. The summed E-state index contributed by atoms with van der Waals surface area (Å²) in [5.41, 5.74) is -1.44. The summed E-state index contributed by atoms with van der Waals surface area (Å²) in [6.45, 7) is 3.76. The number of para-hydroxylation sites is 2. The molecule has 0 unspecified atom stereocenters. The third-order valence-corrected chi connectivity index (χ3v) is 5.45. The van der Waals surface area contributed by atoms with Crippen molar-refractivity contribution in [2.24, 2.45) is 0 Å². The number of hydrogen-bond donors (Lipinski definition) is 1. The maximum absolute atomic E-state index is 15.2. The van der Waals surface area contributed by atoms with Crippen LogP contribution in [0.1, 0.15) is 25.1 Å². The van der Waals surface area contributed by atoms with E-state index in [1.807, 2.05) is 5.10 Å². The first-order valence-corrected chi connectivity index (χ1v) is 9.50. The van der Waals surface area contributed by atoms with Gasteiger partial charge in [-0.1, -0.05) is 26.0 Å².